The summed E-state index contributed by atoms with van der Waals surface area (Å²) in [6.45, 7) is 0. The number of hydrogen-bond acceptors (Lipinski definition) is 5. The second-order valence-corrected chi connectivity index (χ2v) is 7.55. The number of thioether (sulfide) groups is 1. The Hall–Kier alpha value is -1.71. The van der Waals surface area contributed by atoms with Gasteiger partial charge in [-0.3, -0.25) is 9.38 Å². The highest BCUT2D eigenvalue weighted by Crippen LogP contribution is 2.37. The first-order valence-corrected chi connectivity index (χ1v) is 10.0. The Morgan fingerprint density at radius 3 is 2.64 bits per heavy atom. The summed E-state index contributed by atoms with van der Waals surface area (Å²) in [6.07, 6.45) is 7.19. The third kappa shape index (κ3) is 3.00. The largest absolute Gasteiger partial charge is 0.265 e. The molecule has 0 saturated carbocycles. The molecule has 8 heteroatoms. The van der Waals surface area contributed by atoms with Crippen LogP contribution < -0.4 is 0 Å². The summed E-state index contributed by atoms with van der Waals surface area (Å²) in [7, 11) is 0. The molecule has 25 heavy (non-hydrogen) atoms. The zero-order chi connectivity index (χ0) is 17.4. The molecule has 0 spiro atoms. The lowest BCUT2D eigenvalue weighted by Gasteiger charge is -2.13. The molecule has 0 aliphatic rings. The highest BCUT2D eigenvalue weighted by atomic mass is 127. The third-order valence-electron chi connectivity index (χ3n) is 3.77. The fraction of sp³-hybridized carbons (Fsp3) is 0.0588. The van der Waals surface area contributed by atoms with Gasteiger partial charge < -0.3 is 0 Å². The van der Waals surface area contributed by atoms with E-state index in [2.05, 4.69) is 37.8 Å². The van der Waals surface area contributed by atoms with Crippen molar-refractivity contribution in [2.24, 2.45) is 0 Å². The maximum absolute atomic E-state index is 6.36. The van der Waals surface area contributed by atoms with E-state index in [0.29, 0.717) is 5.02 Å². The number of pyridine rings is 1. The molecule has 1 aromatic carbocycles. The molecule has 0 N–H and O–H groups in total. The molecular weight excluding hydrogens is 469 g/mol. The van der Waals surface area contributed by atoms with Crippen molar-refractivity contribution in [3.8, 4) is 22.4 Å². The van der Waals surface area contributed by atoms with Crippen LogP contribution in [0.25, 0.3) is 28.0 Å². The molecule has 0 saturated heterocycles. The predicted octanol–water partition coefficient (Wildman–Crippen LogP) is 4.83. The summed E-state index contributed by atoms with van der Waals surface area (Å²) < 4.78 is 2.90. The van der Waals surface area contributed by atoms with E-state index >= 15 is 0 Å². The van der Waals surface area contributed by atoms with Crippen LogP contribution in [0.5, 0.6) is 0 Å². The van der Waals surface area contributed by atoms with Gasteiger partial charge in [0.15, 0.2) is 10.8 Å². The van der Waals surface area contributed by atoms with Crippen molar-refractivity contribution in [3.63, 3.8) is 0 Å². The van der Waals surface area contributed by atoms with Gasteiger partial charge in [0.1, 0.15) is 6.33 Å². The Balaban J connectivity index is 2.10. The van der Waals surface area contributed by atoms with Crippen molar-refractivity contribution in [1.82, 2.24) is 24.6 Å². The molecule has 0 radical (unpaired) electrons. The molecule has 5 nitrogen and oxygen atoms in total. The molecule has 124 valence electrons. The van der Waals surface area contributed by atoms with E-state index < -0.39 is 0 Å². The number of halogens is 2. The number of nitrogens with zero attached hydrogens (tertiary/aromatic N) is 5. The summed E-state index contributed by atoms with van der Waals surface area (Å²) >= 11 is 10.1. The highest BCUT2D eigenvalue weighted by Gasteiger charge is 2.19. The minimum Gasteiger partial charge on any atom is -0.265 e. The summed E-state index contributed by atoms with van der Waals surface area (Å²) in [5.74, 6) is 0. The fourth-order valence-corrected chi connectivity index (χ4v) is 3.67. The van der Waals surface area contributed by atoms with Gasteiger partial charge in [-0.2, -0.15) is 0 Å². The Labute approximate surface area is 167 Å². The molecule has 3 heterocycles. The zero-order valence-electron chi connectivity index (χ0n) is 13.0. The van der Waals surface area contributed by atoms with E-state index in [1.807, 2.05) is 41.0 Å². The number of aromatic nitrogens is 5. The molecular formula is C17H11ClIN5S. The van der Waals surface area contributed by atoms with E-state index in [-0.39, 0.29) is 0 Å². The molecule has 0 amide bonds. The molecule has 0 atom stereocenters. The zero-order valence-corrected chi connectivity index (χ0v) is 16.7. The third-order valence-corrected chi connectivity index (χ3v) is 5.99. The van der Waals surface area contributed by atoms with Crippen molar-refractivity contribution in [2.75, 3.05) is 6.26 Å². The lowest BCUT2D eigenvalue weighted by Crippen LogP contribution is -2.00. The van der Waals surface area contributed by atoms with Crippen molar-refractivity contribution < 1.29 is 0 Å². The van der Waals surface area contributed by atoms with Gasteiger partial charge in [-0.25, -0.2) is 4.98 Å². The Kier molecular flexibility index (Phi) is 4.61. The maximum Gasteiger partial charge on any atom is 0.175 e. The van der Waals surface area contributed by atoms with E-state index in [0.717, 1.165) is 36.8 Å². The molecule has 0 aliphatic heterocycles. The van der Waals surface area contributed by atoms with Gasteiger partial charge in [0.05, 0.1) is 16.3 Å². The number of benzene rings is 1. The van der Waals surface area contributed by atoms with Crippen LogP contribution in [0.3, 0.4) is 0 Å². The minimum absolute atomic E-state index is 0.699. The SMILES string of the molecule is CSc1nc(-c2ccncc2)c(-c2ccc(I)c(Cl)c2)c2nncn12. The standard InChI is InChI=1S/C17H11ClIN5S/c1-25-17-22-15(10-4-6-20-7-5-10)14(16-23-21-9-24(16)17)11-2-3-13(19)12(18)8-11/h2-9H,1H3. The van der Waals surface area contributed by atoms with Crippen molar-refractivity contribution >= 4 is 51.6 Å². The van der Waals surface area contributed by atoms with Crippen LogP contribution >= 0.6 is 46.0 Å². The Morgan fingerprint density at radius 1 is 1.12 bits per heavy atom. The quantitative estimate of drug-likeness (QED) is 0.239. The van der Waals surface area contributed by atoms with Gasteiger partial charge in [0.25, 0.3) is 0 Å². The average Bonchev–Trinajstić information content (AvgIpc) is 3.13. The Bertz CT molecular complexity index is 1070. The first kappa shape index (κ1) is 16.7. The van der Waals surface area contributed by atoms with Crippen molar-refractivity contribution in [1.29, 1.82) is 0 Å². The summed E-state index contributed by atoms with van der Waals surface area (Å²) in [5, 5.41) is 9.95. The lowest BCUT2D eigenvalue weighted by atomic mass is 10.0. The van der Waals surface area contributed by atoms with E-state index in [9.17, 15) is 0 Å². The van der Waals surface area contributed by atoms with Gasteiger partial charge in [-0.1, -0.05) is 29.4 Å². The van der Waals surface area contributed by atoms with E-state index in [4.69, 9.17) is 16.6 Å². The van der Waals surface area contributed by atoms with Crippen LogP contribution in [0.15, 0.2) is 54.2 Å². The Morgan fingerprint density at radius 2 is 1.92 bits per heavy atom. The van der Waals surface area contributed by atoms with Gasteiger partial charge in [-0.05, 0) is 58.7 Å². The first-order valence-electron chi connectivity index (χ1n) is 7.32. The van der Waals surface area contributed by atoms with Crippen molar-refractivity contribution in [2.45, 2.75) is 5.16 Å². The molecule has 0 bridgehead atoms. The normalized spacial score (nSPS) is 11.2. The van der Waals surface area contributed by atoms with Gasteiger partial charge in [-0.15, -0.1) is 10.2 Å². The van der Waals surface area contributed by atoms with Crippen LogP contribution in [0.1, 0.15) is 0 Å². The topological polar surface area (TPSA) is 56.0 Å². The summed E-state index contributed by atoms with van der Waals surface area (Å²) in [5.41, 5.74) is 4.42. The first-order chi connectivity index (χ1) is 12.2. The van der Waals surface area contributed by atoms with Gasteiger partial charge in [0, 0.05) is 21.5 Å². The molecule has 4 rings (SSSR count). The van der Waals surface area contributed by atoms with Crippen LogP contribution in [0.2, 0.25) is 5.02 Å². The molecule has 0 aliphatic carbocycles. The van der Waals surface area contributed by atoms with Gasteiger partial charge in [0.2, 0.25) is 0 Å². The van der Waals surface area contributed by atoms with Crippen LogP contribution in [0.4, 0.5) is 0 Å². The summed E-state index contributed by atoms with van der Waals surface area (Å²) in [4.78, 5) is 8.97. The monoisotopic (exact) mass is 479 g/mol. The van der Waals surface area contributed by atoms with Crippen LogP contribution in [0, 0.1) is 3.57 Å². The predicted molar refractivity (Wildman–Crippen MR) is 109 cm³/mol. The second-order valence-electron chi connectivity index (χ2n) is 5.21. The highest BCUT2D eigenvalue weighted by molar-refractivity contribution is 14.1. The number of hydrogen-bond donors (Lipinski definition) is 0. The fourth-order valence-electron chi connectivity index (χ4n) is 2.64. The molecule has 3 aromatic heterocycles. The maximum atomic E-state index is 6.36. The van der Waals surface area contributed by atoms with Crippen LogP contribution in [-0.4, -0.2) is 30.8 Å². The van der Waals surface area contributed by atoms with Crippen molar-refractivity contribution in [3.05, 3.63) is 57.6 Å². The smallest absolute Gasteiger partial charge is 0.175 e. The molecule has 0 unspecified atom stereocenters. The summed E-state index contributed by atoms with van der Waals surface area (Å²) in [6, 6.07) is 9.85. The minimum atomic E-state index is 0.699. The lowest BCUT2D eigenvalue weighted by molar-refractivity contribution is 0.905. The van der Waals surface area contributed by atoms with E-state index in [1.165, 1.54) is 0 Å². The molecule has 0 fully saturated rings. The number of rotatable bonds is 3. The van der Waals surface area contributed by atoms with E-state index in [1.54, 1.807) is 30.5 Å². The second kappa shape index (κ2) is 6.89. The molecule has 4 aromatic rings. The number of fused-ring (bicyclic) bond motifs is 1. The van der Waals surface area contributed by atoms with Crippen LogP contribution in [-0.2, 0) is 0 Å². The van der Waals surface area contributed by atoms with Gasteiger partial charge >= 0.3 is 0 Å². The average molecular weight is 480 g/mol.